The van der Waals surface area contributed by atoms with Gasteiger partial charge in [0.2, 0.25) is 0 Å². The summed E-state index contributed by atoms with van der Waals surface area (Å²) in [5.41, 5.74) is 3.25. The van der Waals surface area contributed by atoms with Gasteiger partial charge in [-0.15, -0.1) is 0 Å². The smallest absolute Gasteiger partial charge is 0.0555 e. The van der Waals surface area contributed by atoms with Gasteiger partial charge in [0.25, 0.3) is 0 Å². The normalized spacial score (nSPS) is 17.8. The summed E-state index contributed by atoms with van der Waals surface area (Å²) in [4.78, 5) is 0. The number of aliphatic hydroxyl groups excluding tert-OH is 1. The fourth-order valence-corrected chi connectivity index (χ4v) is 2.73. The van der Waals surface area contributed by atoms with Gasteiger partial charge in [0.1, 0.15) is 0 Å². The predicted molar refractivity (Wildman–Crippen MR) is 71.3 cm³/mol. The molecule has 2 N–H and O–H groups in total. The van der Waals surface area contributed by atoms with Gasteiger partial charge >= 0.3 is 0 Å². The molecule has 2 nitrogen and oxygen atoms in total. The molecular weight excluding hydrogens is 210 g/mol. The average Bonchev–Trinajstić information content (AvgIpc) is 2.29. The summed E-state index contributed by atoms with van der Waals surface area (Å²) in [5, 5.41) is 12.0. The standard InChI is InChI=1S/C15H23NO/c1-13-3-5-14(6-4-13)15(7-2-8-15)9-10-16-11-12-17/h3-6,16-17H,2,7-12H2,1H3. The van der Waals surface area contributed by atoms with E-state index in [9.17, 15) is 0 Å². The number of benzene rings is 1. The van der Waals surface area contributed by atoms with Crippen molar-refractivity contribution in [2.75, 3.05) is 19.7 Å². The van der Waals surface area contributed by atoms with E-state index in [4.69, 9.17) is 5.11 Å². The number of aliphatic hydroxyl groups is 1. The lowest BCUT2D eigenvalue weighted by atomic mass is 9.62. The Bertz CT molecular complexity index is 340. The third kappa shape index (κ3) is 2.88. The Morgan fingerprint density at radius 3 is 2.41 bits per heavy atom. The van der Waals surface area contributed by atoms with E-state index in [1.165, 1.54) is 36.8 Å². The summed E-state index contributed by atoms with van der Waals surface area (Å²) >= 11 is 0. The number of rotatable bonds is 6. The molecule has 0 bridgehead atoms. The van der Waals surface area contributed by atoms with Crippen LogP contribution in [0.4, 0.5) is 0 Å². The van der Waals surface area contributed by atoms with Crippen LogP contribution in [0.15, 0.2) is 24.3 Å². The van der Waals surface area contributed by atoms with Crippen LogP contribution in [0, 0.1) is 6.92 Å². The van der Waals surface area contributed by atoms with Crippen LogP contribution in [0.3, 0.4) is 0 Å². The van der Waals surface area contributed by atoms with Crippen molar-refractivity contribution in [2.45, 2.75) is 38.0 Å². The first-order valence-electron chi connectivity index (χ1n) is 6.66. The minimum Gasteiger partial charge on any atom is -0.395 e. The van der Waals surface area contributed by atoms with E-state index in [2.05, 4.69) is 36.5 Å². The zero-order valence-corrected chi connectivity index (χ0v) is 10.7. The molecule has 1 fully saturated rings. The zero-order chi connectivity index (χ0) is 12.1. The van der Waals surface area contributed by atoms with Crippen molar-refractivity contribution >= 4 is 0 Å². The maximum atomic E-state index is 8.75. The molecule has 0 aromatic heterocycles. The highest BCUT2D eigenvalue weighted by Gasteiger charge is 2.37. The van der Waals surface area contributed by atoms with E-state index in [1.54, 1.807) is 0 Å². The highest BCUT2D eigenvalue weighted by molar-refractivity contribution is 5.30. The molecule has 0 heterocycles. The molecule has 0 amide bonds. The Labute approximate surface area is 104 Å². The highest BCUT2D eigenvalue weighted by atomic mass is 16.3. The summed E-state index contributed by atoms with van der Waals surface area (Å²) in [6.07, 6.45) is 5.18. The average molecular weight is 233 g/mol. The van der Waals surface area contributed by atoms with Gasteiger partial charge in [0, 0.05) is 6.54 Å². The molecule has 17 heavy (non-hydrogen) atoms. The first-order chi connectivity index (χ1) is 8.27. The van der Waals surface area contributed by atoms with Gasteiger partial charge in [-0.25, -0.2) is 0 Å². The van der Waals surface area contributed by atoms with Crippen LogP contribution in [0.5, 0.6) is 0 Å². The molecule has 2 heteroatoms. The topological polar surface area (TPSA) is 32.3 Å². The molecule has 1 saturated carbocycles. The molecular formula is C15H23NO. The summed E-state index contributed by atoms with van der Waals surface area (Å²) in [5.74, 6) is 0. The molecule has 0 atom stereocenters. The van der Waals surface area contributed by atoms with E-state index in [1.807, 2.05) is 0 Å². The van der Waals surface area contributed by atoms with Crippen molar-refractivity contribution < 1.29 is 5.11 Å². The summed E-state index contributed by atoms with van der Waals surface area (Å²) < 4.78 is 0. The third-order valence-electron chi connectivity index (χ3n) is 4.04. The van der Waals surface area contributed by atoms with E-state index in [0.717, 1.165) is 6.54 Å². The Hall–Kier alpha value is -0.860. The summed E-state index contributed by atoms with van der Waals surface area (Å²) in [6.45, 7) is 4.09. The number of hydrogen-bond donors (Lipinski definition) is 2. The number of nitrogens with one attached hydrogen (secondary N) is 1. The van der Waals surface area contributed by atoms with Crippen LogP contribution in [0.25, 0.3) is 0 Å². The zero-order valence-electron chi connectivity index (χ0n) is 10.7. The highest BCUT2D eigenvalue weighted by Crippen LogP contribution is 2.46. The van der Waals surface area contributed by atoms with Crippen molar-refractivity contribution in [2.24, 2.45) is 0 Å². The van der Waals surface area contributed by atoms with Crippen molar-refractivity contribution in [3.8, 4) is 0 Å². The largest absolute Gasteiger partial charge is 0.395 e. The van der Waals surface area contributed by atoms with E-state index >= 15 is 0 Å². The van der Waals surface area contributed by atoms with Gasteiger partial charge in [-0.05, 0) is 43.7 Å². The molecule has 94 valence electrons. The second-order valence-electron chi connectivity index (χ2n) is 5.22. The molecule has 1 aromatic carbocycles. The Balaban J connectivity index is 1.96. The van der Waals surface area contributed by atoms with Gasteiger partial charge in [-0.1, -0.05) is 36.2 Å². The van der Waals surface area contributed by atoms with Crippen LogP contribution in [-0.2, 0) is 5.41 Å². The Morgan fingerprint density at radius 2 is 1.88 bits per heavy atom. The van der Waals surface area contributed by atoms with Crippen LogP contribution < -0.4 is 5.32 Å². The fraction of sp³-hybridized carbons (Fsp3) is 0.600. The van der Waals surface area contributed by atoms with Crippen molar-refractivity contribution in [1.82, 2.24) is 5.32 Å². The lowest BCUT2D eigenvalue weighted by Gasteiger charge is -2.43. The van der Waals surface area contributed by atoms with Crippen LogP contribution in [-0.4, -0.2) is 24.8 Å². The maximum absolute atomic E-state index is 8.75. The molecule has 1 aliphatic carbocycles. The van der Waals surface area contributed by atoms with Crippen LogP contribution in [0.2, 0.25) is 0 Å². The molecule has 0 spiro atoms. The van der Waals surface area contributed by atoms with Gasteiger partial charge in [0.05, 0.1) is 6.61 Å². The fourth-order valence-electron chi connectivity index (χ4n) is 2.73. The lowest BCUT2D eigenvalue weighted by Crippen LogP contribution is -2.37. The molecule has 1 aliphatic rings. The second kappa shape index (κ2) is 5.65. The summed E-state index contributed by atoms with van der Waals surface area (Å²) in [7, 11) is 0. The minimum atomic E-state index is 0.234. The Morgan fingerprint density at radius 1 is 1.18 bits per heavy atom. The van der Waals surface area contributed by atoms with Crippen LogP contribution in [0.1, 0.15) is 36.8 Å². The SMILES string of the molecule is Cc1ccc(C2(CCNCCO)CCC2)cc1. The van der Waals surface area contributed by atoms with Crippen molar-refractivity contribution in [3.05, 3.63) is 35.4 Å². The molecule has 2 rings (SSSR count). The van der Waals surface area contributed by atoms with Crippen LogP contribution >= 0.6 is 0 Å². The second-order valence-corrected chi connectivity index (χ2v) is 5.22. The monoisotopic (exact) mass is 233 g/mol. The lowest BCUT2D eigenvalue weighted by molar-refractivity contribution is 0.219. The van der Waals surface area contributed by atoms with Crippen molar-refractivity contribution in [3.63, 3.8) is 0 Å². The number of aryl methyl sites for hydroxylation is 1. The molecule has 0 saturated heterocycles. The van der Waals surface area contributed by atoms with E-state index in [-0.39, 0.29) is 6.61 Å². The van der Waals surface area contributed by atoms with Gasteiger partial charge in [0.15, 0.2) is 0 Å². The third-order valence-corrected chi connectivity index (χ3v) is 4.04. The summed E-state index contributed by atoms with van der Waals surface area (Å²) in [6, 6.07) is 9.02. The first-order valence-corrected chi connectivity index (χ1v) is 6.66. The molecule has 0 unspecified atom stereocenters. The Kier molecular flexibility index (Phi) is 4.19. The van der Waals surface area contributed by atoms with Gasteiger partial charge in [-0.2, -0.15) is 0 Å². The molecule has 0 aliphatic heterocycles. The van der Waals surface area contributed by atoms with Crippen molar-refractivity contribution in [1.29, 1.82) is 0 Å². The first kappa shape index (κ1) is 12.6. The maximum Gasteiger partial charge on any atom is 0.0555 e. The van der Waals surface area contributed by atoms with Gasteiger partial charge < -0.3 is 10.4 Å². The van der Waals surface area contributed by atoms with E-state index < -0.39 is 0 Å². The molecule has 0 radical (unpaired) electrons. The molecule has 1 aromatic rings. The number of hydrogen-bond acceptors (Lipinski definition) is 2. The van der Waals surface area contributed by atoms with E-state index in [0.29, 0.717) is 12.0 Å². The van der Waals surface area contributed by atoms with Gasteiger partial charge in [-0.3, -0.25) is 0 Å². The quantitative estimate of drug-likeness (QED) is 0.739. The predicted octanol–water partition coefficient (Wildman–Crippen LogP) is 2.39. The minimum absolute atomic E-state index is 0.234.